The van der Waals surface area contributed by atoms with E-state index in [2.05, 4.69) is 28.9 Å². The Labute approximate surface area is 173 Å². The predicted molar refractivity (Wildman–Crippen MR) is 108 cm³/mol. The average Bonchev–Trinajstić information content (AvgIpc) is 3.34. The molecule has 160 valence electrons. The summed E-state index contributed by atoms with van der Waals surface area (Å²) in [6.45, 7) is 7.07. The SMILES string of the molecule is C=C(Cn1ncnn1)[C@H]1CC[C@H]2[C@@H]3CC[C@H]4C[C@@](O)(CF)CC[C@@H]4[C@H]3CC[C@]12C. The second kappa shape index (κ2) is 7.14. The standard InChI is InChI=1S/C23H35FN4O/c1-15(12-28-26-14-25-27-28)20-5-6-21-19-4-3-16-11-23(29,13-24)10-8-17(16)18(19)7-9-22(20,21)2/h14,16-21,29H,1,3-13H2,2H3/t16-,17-,18+,19+,20+,21-,22+,23+/m0/s1. The van der Waals surface area contributed by atoms with E-state index in [0.717, 1.165) is 24.2 Å². The first-order chi connectivity index (χ1) is 13.9. The highest BCUT2D eigenvalue weighted by atomic mass is 19.1. The highest BCUT2D eigenvalue weighted by Gasteiger charge is 2.58. The number of hydrogen-bond donors (Lipinski definition) is 1. The Morgan fingerprint density at radius 2 is 1.97 bits per heavy atom. The molecule has 8 atom stereocenters. The van der Waals surface area contributed by atoms with Gasteiger partial charge in [-0.3, -0.25) is 0 Å². The molecule has 0 aromatic carbocycles. The van der Waals surface area contributed by atoms with Gasteiger partial charge in [-0.1, -0.05) is 19.1 Å². The third-order valence-corrected chi connectivity index (χ3v) is 9.58. The van der Waals surface area contributed by atoms with Gasteiger partial charge in [0.1, 0.15) is 6.67 Å². The number of halogens is 1. The van der Waals surface area contributed by atoms with Crippen molar-refractivity contribution in [2.75, 3.05) is 6.67 Å². The molecule has 0 unspecified atom stereocenters. The van der Waals surface area contributed by atoms with Gasteiger partial charge < -0.3 is 5.11 Å². The Morgan fingerprint density at radius 1 is 1.14 bits per heavy atom. The fourth-order valence-corrected chi connectivity index (χ4v) is 8.31. The number of hydrogen-bond acceptors (Lipinski definition) is 4. The molecule has 1 aromatic heterocycles. The number of nitrogens with zero attached hydrogens (tertiary/aromatic N) is 4. The Kier molecular flexibility index (Phi) is 4.84. The van der Waals surface area contributed by atoms with Crippen molar-refractivity contribution in [3.05, 3.63) is 18.5 Å². The maximum atomic E-state index is 13.4. The largest absolute Gasteiger partial charge is 0.387 e. The minimum Gasteiger partial charge on any atom is -0.387 e. The Morgan fingerprint density at radius 3 is 2.72 bits per heavy atom. The van der Waals surface area contributed by atoms with E-state index in [1.807, 2.05) is 0 Å². The number of allylic oxidation sites excluding steroid dienone is 1. The minimum atomic E-state index is -1.04. The molecule has 1 aromatic rings. The van der Waals surface area contributed by atoms with Crippen LogP contribution in [-0.4, -0.2) is 37.6 Å². The van der Waals surface area contributed by atoms with Crippen LogP contribution in [-0.2, 0) is 6.54 Å². The molecule has 4 fully saturated rings. The lowest BCUT2D eigenvalue weighted by molar-refractivity contribution is -0.110. The van der Waals surface area contributed by atoms with Crippen LogP contribution in [0.1, 0.15) is 64.7 Å². The summed E-state index contributed by atoms with van der Waals surface area (Å²) in [6, 6.07) is 0. The highest BCUT2D eigenvalue weighted by molar-refractivity contribution is 5.15. The highest BCUT2D eigenvalue weighted by Crippen LogP contribution is 2.65. The molecule has 4 saturated carbocycles. The third kappa shape index (κ3) is 3.17. The van der Waals surface area contributed by atoms with Crippen molar-refractivity contribution in [2.24, 2.45) is 40.9 Å². The minimum absolute atomic E-state index is 0.333. The molecule has 4 aliphatic rings. The van der Waals surface area contributed by atoms with Crippen molar-refractivity contribution in [3.8, 4) is 0 Å². The number of aromatic nitrogens is 4. The van der Waals surface area contributed by atoms with Crippen molar-refractivity contribution >= 4 is 0 Å². The lowest BCUT2D eigenvalue weighted by Gasteiger charge is -2.57. The van der Waals surface area contributed by atoms with Crippen LogP contribution >= 0.6 is 0 Å². The quantitative estimate of drug-likeness (QED) is 0.767. The van der Waals surface area contributed by atoms with Crippen molar-refractivity contribution in [1.29, 1.82) is 0 Å². The third-order valence-electron chi connectivity index (χ3n) is 9.58. The molecule has 0 bridgehead atoms. The number of alkyl halides is 1. The maximum Gasteiger partial charge on any atom is 0.162 e. The molecule has 0 saturated heterocycles. The first-order valence-electron chi connectivity index (χ1n) is 11.6. The van der Waals surface area contributed by atoms with Gasteiger partial charge in [-0.05, 0) is 104 Å². The molecular formula is C23H35FN4O. The van der Waals surface area contributed by atoms with Gasteiger partial charge in [-0.2, -0.15) is 4.80 Å². The molecule has 5 rings (SSSR count). The van der Waals surface area contributed by atoms with E-state index >= 15 is 0 Å². The van der Waals surface area contributed by atoms with Crippen LogP contribution in [0.4, 0.5) is 4.39 Å². The van der Waals surface area contributed by atoms with E-state index in [1.165, 1.54) is 50.4 Å². The van der Waals surface area contributed by atoms with E-state index in [1.54, 1.807) is 4.80 Å². The van der Waals surface area contributed by atoms with Crippen molar-refractivity contribution in [1.82, 2.24) is 20.2 Å². The second-order valence-electron chi connectivity index (χ2n) is 10.8. The topological polar surface area (TPSA) is 63.8 Å². The fourth-order valence-electron chi connectivity index (χ4n) is 8.31. The van der Waals surface area contributed by atoms with Crippen LogP contribution < -0.4 is 0 Å². The van der Waals surface area contributed by atoms with E-state index in [4.69, 9.17) is 0 Å². The number of fused-ring (bicyclic) bond motifs is 5. The van der Waals surface area contributed by atoms with E-state index in [9.17, 15) is 9.50 Å². The summed E-state index contributed by atoms with van der Waals surface area (Å²) in [5.74, 6) is 4.12. The van der Waals surface area contributed by atoms with Crippen LogP contribution in [0.15, 0.2) is 18.5 Å². The average molecular weight is 403 g/mol. The van der Waals surface area contributed by atoms with Crippen LogP contribution in [0.3, 0.4) is 0 Å². The lowest BCUT2D eigenvalue weighted by Crippen LogP contribution is -2.51. The van der Waals surface area contributed by atoms with Crippen molar-refractivity contribution < 1.29 is 9.50 Å². The van der Waals surface area contributed by atoms with E-state index in [0.29, 0.717) is 42.6 Å². The van der Waals surface area contributed by atoms with Crippen LogP contribution in [0.25, 0.3) is 0 Å². The van der Waals surface area contributed by atoms with Crippen LogP contribution in [0, 0.1) is 40.9 Å². The molecule has 0 spiro atoms. The van der Waals surface area contributed by atoms with Crippen molar-refractivity contribution in [3.63, 3.8) is 0 Å². The number of tetrazole rings is 1. The second-order valence-corrected chi connectivity index (χ2v) is 10.8. The van der Waals surface area contributed by atoms with Gasteiger partial charge in [-0.15, -0.1) is 10.2 Å². The zero-order valence-electron chi connectivity index (χ0n) is 17.6. The van der Waals surface area contributed by atoms with Crippen LogP contribution in [0.5, 0.6) is 0 Å². The molecule has 4 aliphatic carbocycles. The van der Waals surface area contributed by atoms with Crippen molar-refractivity contribution in [2.45, 2.75) is 76.9 Å². The molecule has 29 heavy (non-hydrogen) atoms. The predicted octanol–water partition coefficient (Wildman–Crippen LogP) is 4.20. The molecule has 0 amide bonds. The van der Waals surface area contributed by atoms with Gasteiger partial charge >= 0.3 is 0 Å². The van der Waals surface area contributed by atoms with Gasteiger partial charge in [0, 0.05) is 0 Å². The Balaban J connectivity index is 1.31. The van der Waals surface area contributed by atoms with E-state index in [-0.39, 0.29) is 0 Å². The van der Waals surface area contributed by atoms with Gasteiger partial charge in [0.15, 0.2) is 6.33 Å². The van der Waals surface area contributed by atoms with Gasteiger partial charge in [0.05, 0.1) is 12.1 Å². The lowest BCUT2D eigenvalue weighted by atomic mass is 9.48. The summed E-state index contributed by atoms with van der Waals surface area (Å²) in [4.78, 5) is 1.66. The molecule has 6 heteroatoms. The smallest absolute Gasteiger partial charge is 0.162 e. The van der Waals surface area contributed by atoms with Gasteiger partial charge in [0.2, 0.25) is 0 Å². The Bertz CT molecular complexity index is 754. The summed E-state index contributed by atoms with van der Waals surface area (Å²) in [5, 5.41) is 22.5. The fraction of sp³-hybridized carbons (Fsp3) is 0.870. The van der Waals surface area contributed by atoms with Crippen LogP contribution in [0.2, 0.25) is 0 Å². The van der Waals surface area contributed by atoms with Gasteiger partial charge in [-0.25, -0.2) is 4.39 Å². The normalized spacial score (nSPS) is 46.6. The molecule has 1 N–H and O–H groups in total. The monoisotopic (exact) mass is 402 g/mol. The number of rotatable bonds is 4. The van der Waals surface area contributed by atoms with Gasteiger partial charge in [0.25, 0.3) is 0 Å². The number of aliphatic hydroxyl groups is 1. The summed E-state index contributed by atoms with van der Waals surface area (Å²) in [7, 11) is 0. The summed E-state index contributed by atoms with van der Waals surface area (Å²) in [6.07, 6.45) is 11.4. The zero-order chi connectivity index (χ0) is 20.2. The first kappa shape index (κ1) is 19.7. The van der Waals surface area contributed by atoms with E-state index < -0.39 is 12.3 Å². The Hall–Kier alpha value is -1.30. The summed E-state index contributed by atoms with van der Waals surface area (Å²) < 4.78 is 13.4. The molecule has 0 aliphatic heterocycles. The maximum absolute atomic E-state index is 13.4. The molecule has 0 radical (unpaired) electrons. The summed E-state index contributed by atoms with van der Waals surface area (Å²) >= 11 is 0. The first-order valence-corrected chi connectivity index (χ1v) is 11.6. The zero-order valence-corrected chi connectivity index (χ0v) is 17.6. The molecular weight excluding hydrogens is 367 g/mol. The molecule has 1 heterocycles. The molecule has 5 nitrogen and oxygen atoms in total. The summed E-state index contributed by atoms with van der Waals surface area (Å²) in [5.41, 5.74) is 0.550.